The van der Waals surface area contributed by atoms with Crippen molar-refractivity contribution in [3.05, 3.63) is 48.5 Å². The lowest BCUT2D eigenvalue weighted by atomic mass is 10.2. The lowest BCUT2D eigenvalue weighted by Crippen LogP contribution is -2.20. The first kappa shape index (κ1) is 16.6. The van der Waals surface area contributed by atoms with E-state index in [-0.39, 0.29) is 22.7 Å². The average Bonchev–Trinajstić information content (AvgIpc) is 2.70. The van der Waals surface area contributed by atoms with Crippen LogP contribution in [0.2, 0.25) is 0 Å². The first-order chi connectivity index (χ1) is 10.3. The molecular weight excluding hydrogens is 420 g/mol. The Morgan fingerprint density at radius 3 is 2.64 bits per heavy atom. The summed E-state index contributed by atoms with van der Waals surface area (Å²) in [5.41, 5.74) is 2.12. The van der Waals surface area contributed by atoms with Crippen molar-refractivity contribution in [3.63, 3.8) is 0 Å². The number of aromatic nitrogens is 2. The van der Waals surface area contributed by atoms with E-state index >= 15 is 0 Å². The number of halogens is 2. The predicted octanol–water partition coefficient (Wildman–Crippen LogP) is 3.57. The van der Waals surface area contributed by atoms with Gasteiger partial charge in [-0.3, -0.25) is 4.79 Å². The number of aryl methyl sites for hydroxylation is 1. The van der Waals surface area contributed by atoms with E-state index < -0.39 is 4.92 Å². The summed E-state index contributed by atoms with van der Waals surface area (Å²) in [6.07, 6.45) is 0. The van der Waals surface area contributed by atoms with Crippen LogP contribution < -0.4 is 5.32 Å². The van der Waals surface area contributed by atoms with Crippen LogP contribution in [0.25, 0.3) is 0 Å². The molecular formula is C13H12Br2N4O3. The van der Waals surface area contributed by atoms with Crippen LogP contribution in [0.5, 0.6) is 0 Å². The number of rotatable bonds is 4. The van der Waals surface area contributed by atoms with Crippen LogP contribution >= 0.6 is 31.9 Å². The van der Waals surface area contributed by atoms with Gasteiger partial charge in [0.1, 0.15) is 11.0 Å². The average molecular weight is 432 g/mol. The summed E-state index contributed by atoms with van der Waals surface area (Å²) in [6.45, 7) is 3.43. The molecule has 0 atom stereocenters. The number of hydrogen-bond acceptors (Lipinski definition) is 4. The maximum absolute atomic E-state index is 12.1. The quantitative estimate of drug-likeness (QED) is 0.591. The van der Waals surface area contributed by atoms with Gasteiger partial charge in [-0.2, -0.15) is 4.68 Å². The number of amides is 1. The molecule has 1 aromatic heterocycles. The van der Waals surface area contributed by atoms with Crippen molar-refractivity contribution in [1.82, 2.24) is 9.78 Å². The number of nitrogens with one attached hydrogen (secondary N) is 1. The van der Waals surface area contributed by atoms with Gasteiger partial charge in [0.25, 0.3) is 0 Å². The van der Waals surface area contributed by atoms with Gasteiger partial charge in [-0.1, -0.05) is 15.9 Å². The van der Waals surface area contributed by atoms with Crippen LogP contribution in [-0.2, 0) is 11.3 Å². The number of nitro groups is 1. The van der Waals surface area contributed by atoms with Gasteiger partial charge in [0.2, 0.25) is 5.91 Å². The Balaban J connectivity index is 2.16. The van der Waals surface area contributed by atoms with E-state index in [1.54, 1.807) is 13.0 Å². The third-order valence-corrected chi connectivity index (χ3v) is 4.47. The number of anilines is 1. The first-order valence-corrected chi connectivity index (χ1v) is 7.81. The minimum absolute atomic E-state index is 0.103. The number of nitrogens with zero attached hydrogens (tertiary/aromatic N) is 3. The van der Waals surface area contributed by atoms with Gasteiger partial charge in [-0.05, 0) is 58.5 Å². The van der Waals surface area contributed by atoms with Crippen molar-refractivity contribution in [1.29, 1.82) is 0 Å². The number of hydrogen-bond donors (Lipinski definition) is 1. The molecule has 0 unspecified atom stereocenters. The zero-order chi connectivity index (χ0) is 16.4. The topological polar surface area (TPSA) is 90.1 Å². The highest BCUT2D eigenvalue weighted by Gasteiger charge is 2.24. The second-order valence-corrected chi connectivity index (χ2v) is 6.35. The molecule has 0 aliphatic heterocycles. The minimum atomic E-state index is -0.593. The summed E-state index contributed by atoms with van der Waals surface area (Å²) in [7, 11) is 0. The Labute approximate surface area is 143 Å². The minimum Gasteiger partial charge on any atom is -0.358 e. The fourth-order valence-corrected chi connectivity index (χ4v) is 2.78. The second kappa shape index (κ2) is 6.57. The van der Waals surface area contributed by atoms with Gasteiger partial charge >= 0.3 is 5.82 Å². The number of carbonyl (C=O) groups excluding carboxylic acids is 1. The molecule has 1 heterocycles. The smallest absolute Gasteiger partial charge is 0.358 e. The van der Waals surface area contributed by atoms with E-state index in [1.807, 2.05) is 19.1 Å². The highest BCUT2D eigenvalue weighted by Crippen LogP contribution is 2.27. The first-order valence-electron chi connectivity index (χ1n) is 6.23. The fraction of sp³-hybridized carbons (Fsp3) is 0.231. The summed E-state index contributed by atoms with van der Waals surface area (Å²) in [4.78, 5) is 22.3. The Morgan fingerprint density at radius 2 is 2.09 bits per heavy atom. The van der Waals surface area contributed by atoms with Crippen LogP contribution in [0, 0.1) is 24.0 Å². The molecule has 0 saturated carbocycles. The highest BCUT2D eigenvalue weighted by atomic mass is 79.9. The van der Waals surface area contributed by atoms with Crippen molar-refractivity contribution in [3.8, 4) is 0 Å². The Kier molecular flexibility index (Phi) is 4.97. The summed E-state index contributed by atoms with van der Waals surface area (Å²) in [5.74, 6) is -0.608. The van der Waals surface area contributed by atoms with Crippen molar-refractivity contribution < 1.29 is 9.72 Å². The number of carbonyl (C=O) groups is 1. The molecule has 2 aromatic rings. The van der Waals surface area contributed by atoms with E-state index in [4.69, 9.17) is 0 Å². The molecule has 0 saturated heterocycles. The van der Waals surface area contributed by atoms with Gasteiger partial charge in [-0.25, -0.2) is 0 Å². The van der Waals surface area contributed by atoms with E-state index in [0.29, 0.717) is 11.4 Å². The van der Waals surface area contributed by atoms with Crippen LogP contribution in [0.1, 0.15) is 11.3 Å². The van der Waals surface area contributed by atoms with Gasteiger partial charge in [-0.15, -0.1) is 0 Å². The van der Waals surface area contributed by atoms with Gasteiger partial charge in [0.15, 0.2) is 0 Å². The maximum atomic E-state index is 12.1. The van der Waals surface area contributed by atoms with Crippen molar-refractivity contribution in [2.45, 2.75) is 20.4 Å². The van der Waals surface area contributed by atoms with Gasteiger partial charge in [0.05, 0.1) is 10.8 Å². The second-order valence-electron chi connectivity index (χ2n) is 4.65. The third kappa shape index (κ3) is 3.53. The molecule has 0 aliphatic carbocycles. The van der Waals surface area contributed by atoms with E-state index in [0.717, 1.165) is 10.0 Å². The molecule has 2 rings (SSSR count). The molecule has 1 N–H and O–H groups in total. The summed E-state index contributed by atoms with van der Waals surface area (Å²) in [5, 5.41) is 17.4. The summed E-state index contributed by atoms with van der Waals surface area (Å²) < 4.78 is 2.50. The van der Waals surface area contributed by atoms with Crippen LogP contribution in [0.15, 0.2) is 27.1 Å². The van der Waals surface area contributed by atoms with E-state index in [2.05, 4.69) is 42.3 Å². The molecule has 9 heteroatoms. The summed E-state index contributed by atoms with van der Waals surface area (Å²) >= 11 is 6.47. The third-order valence-electron chi connectivity index (χ3n) is 3.05. The predicted molar refractivity (Wildman–Crippen MR) is 88.8 cm³/mol. The standard InChI is InChI=1S/C13H12Br2N4O3/c1-7-5-9(14)3-4-10(7)16-11(20)6-18-8(2)12(15)13(17-18)19(21)22/h3-5H,6H2,1-2H3,(H,16,20). The van der Waals surface area contributed by atoms with E-state index in [1.165, 1.54) is 4.68 Å². The molecule has 0 radical (unpaired) electrons. The molecule has 7 nitrogen and oxygen atoms in total. The zero-order valence-electron chi connectivity index (χ0n) is 11.8. The molecule has 1 aromatic carbocycles. The molecule has 22 heavy (non-hydrogen) atoms. The molecule has 0 aliphatic rings. The van der Waals surface area contributed by atoms with Crippen LogP contribution in [-0.4, -0.2) is 20.6 Å². The SMILES string of the molecule is Cc1cc(Br)ccc1NC(=O)Cn1nc([N+](=O)[O-])c(Br)c1C. The van der Waals surface area contributed by atoms with Crippen molar-refractivity contribution in [2.24, 2.45) is 0 Å². The molecule has 1 amide bonds. The van der Waals surface area contributed by atoms with E-state index in [9.17, 15) is 14.9 Å². The lowest BCUT2D eigenvalue weighted by Gasteiger charge is -2.08. The normalized spacial score (nSPS) is 10.5. The molecule has 116 valence electrons. The lowest BCUT2D eigenvalue weighted by molar-refractivity contribution is -0.390. The number of benzene rings is 1. The van der Waals surface area contributed by atoms with Crippen molar-refractivity contribution >= 4 is 49.3 Å². The molecule has 0 bridgehead atoms. The largest absolute Gasteiger partial charge is 0.404 e. The monoisotopic (exact) mass is 430 g/mol. The van der Waals surface area contributed by atoms with Gasteiger partial charge in [0, 0.05) is 10.2 Å². The van der Waals surface area contributed by atoms with Gasteiger partial charge < -0.3 is 15.4 Å². The zero-order valence-corrected chi connectivity index (χ0v) is 14.9. The Hall–Kier alpha value is -1.74. The van der Waals surface area contributed by atoms with Crippen LogP contribution in [0.3, 0.4) is 0 Å². The van der Waals surface area contributed by atoms with Crippen LogP contribution in [0.4, 0.5) is 11.5 Å². The molecule has 0 fully saturated rings. The summed E-state index contributed by atoms with van der Waals surface area (Å²) in [6, 6.07) is 5.49. The highest BCUT2D eigenvalue weighted by molar-refractivity contribution is 9.10. The molecule has 0 spiro atoms. The Morgan fingerprint density at radius 1 is 1.41 bits per heavy atom. The Bertz CT molecular complexity index is 758. The maximum Gasteiger partial charge on any atom is 0.404 e. The fourth-order valence-electron chi connectivity index (χ4n) is 1.87. The van der Waals surface area contributed by atoms with Crippen molar-refractivity contribution in [2.75, 3.05) is 5.32 Å².